The highest BCUT2D eigenvalue weighted by molar-refractivity contribution is 6.17. The Morgan fingerprint density at radius 1 is 1.17 bits per heavy atom. The quantitative estimate of drug-likeness (QED) is 0.518. The predicted molar refractivity (Wildman–Crippen MR) is 117 cm³/mol. The fourth-order valence-electron chi connectivity index (χ4n) is 4.28. The number of rotatable bonds is 4. The highest BCUT2D eigenvalue weighted by Crippen LogP contribution is 2.36. The number of pyridine rings is 1. The van der Waals surface area contributed by atoms with Gasteiger partial charge in [0.25, 0.3) is 5.91 Å². The second-order valence-corrected chi connectivity index (χ2v) is 7.77. The summed E-state index contributed by atoms with van der Waals surface area (Å²) in [7, 11) is 5.92. The largest absolute Gasteiger partial charge is 0.508 e. The molecule has 0 saturated carbocycles. The van der Waals surface area contributed by atoms with Gasteiger partial charge in [-0.2, -0.15) is 0 Å². The van der Waals surface area contributed by atoms with E-state index in [2.05, 4.69) is 21.8 Å². The zero-order valence-electron chi connectivity index (χ0n) is 17.4. The number of nitrogens with zero attached hydrogens (tertiary/aromatic N) is 3. The number of nitrogens with one attached hydrogen (secondary N) is 1. The van der Waals surface area contributed by atoms with Crippen molar-refractivity contribution >= 4 is 38.5 Å². The minimum Gasteiger partial charge on any atom is -0.508 e. The van der Waals surface area contributed by atoms with Gasteiger partial charge in [-0.3, -0.25) is 14.7 Å². The van der Waals surface area contributed by atoms with Gasteiger partial charge in [-0.25, -0.2) is 0 Å². The molecule has 1 atom stereocenters. The molecule has 0 bridgehead atoms. The van der Waals surface area contributed by atoms with Crippen LogP contribution in [0.3, 0.4) is 0 Å². The van der Waals surface area contributed by atoms with Crippen LogP contribution < -0.4 is 5.32 Å². The second kappa shape index (κ2) is 7.04. The monoisotopic (exact) mass is 390 g/mol. The van der Waals surface area contributed by atoms with Crippen LogP contribution in [0, 0.1) is 6.92 Å². The number of amides is 1. The molecule has 2 N–H and O–H groups in total. The number of aromatic nitrogens is 2. The first-order valence-corrected chi connectivity index (χ1v) is 9.80. The average Bonchev–Trinajstić information content (AvgIpc) is 2.97. The van der Waals surface area contributed by atoms with Crippen LogP contribution in [0.15, 0.2) is 36.5 Å². The van der Waals surface area contributed by atoms with E-state index in [9.17, 15) is 9.90 Å². The number of fused-ring (bicyclic) bond motifs is 4. The lowest BCUT2D eigenvalue weighted by Gasteiger charge is -2.24. The first-order chi connectivity index (χ1) is 13.8. The van der Waals surface area contributed by atoms with E-state index in [1.54, 1.807) is 18.3 Å². The lowest BCUT2D eigenvalue weighted by Crippen LogP contribution is -2.44. The Balaban J connectivity index is 1.99. The van der Waals surface area contributed by atoms with Crippen molar-refractivity contribution in [3.8, 4) is 5.75 Å². The third-order valence-electron chi connectivity index (χ3n) is 5.78. The summed E-state index contributed by atoms with van der Waals surface area (Å²) in [6.07, 6.45) is 2.44. The maximum Gasteiger partial charge on any atom is 0.271 e. The van der Waals surface area contributed by atoms with Crippen LogP contribution in [0.25, 0.3) is 32.6 Å². The number of hydrogen-bond donors (Lipinski definition) is 2. The SMILES string of the molecule is CCC(NC(=O)c1nccc2c(C)c3c(cc12)c1cc(O)ccc1n3C)N(C)C. The fourth-order valence-corrected chi connectivity index (χ4v) is 4.28. The van der Waals surface area contributed by atoms with Gasteiger partial charge in [0.1, 0.15) is 11.4 Å². The number of aryl methyl sites for hydroxylation is 2. The van der Waals surface area contributed by atoms with Crippen LogP contribution in [0.4, 0.5) is 0 Å². The van der Waals surface area contributed by atoms with Crippen molar-refractivity contribution in [1.82, 2.24) is 19.8 Å². The van der Waals surface area contributed by atoms with Crippen molar-refractivity contribution in [3.63, 3.8) is 0 Å². The van der Waals surface area contributed by atoms with Gasteiger partial charge in [0, 0.05) is 34.9 Å². The molecule has 0 saturated heterocycles. The van der Waals surface area contributed by atoms with Crippen LogP contribution in [0.1, 0.15) is 29.4 Å². The van der Waals surface area contributed by atoms with Crippen LogP contribution in [0.5, 0.6) is 5.75 Å². The topological polar surface area (TPSA) is 70.4 Å². The molecule has 4 aromatic rings. The average molecular weight is 390 g/mol. The van der Waals surface area contributed by atoms with Gasteiger partial charge in [0.05, 0.1) is 11.7 Å². The molecule has 6 heteroatoms. The number of aromatic hydroxyl groups is 1. The third-order valence-corrected chi connectivity index (χ3v) is 5.78. The summed E-state index contributed by atoms with van der Waals surface area (Å²) in [4.78, 5) is 19.5. The number of carbonyl (C=O) groups excluding carboxylic acids is 1. The maximum absolute atomic E-state index is 13.1. The van der Waals surface area contributed by atoms with E-state index in [0.29, 0.717) is 5.69 Å². The molecule has 0 radical (unpaired) electrons. The normalized spacial score (nSPS) is 12.9. The Bertz CT molecular complexity index is 1260. The zero-order valence-corrected chi connectivity index (χ0v) is 17.4. The molecule has 6 nitrogen and oxygen atoms in total. The van der Waals surface area contributed by atoms with E-state index in [4.69, 9.17) is 0 Å². The van der Waals surface area contributed by atoms with E-state index in [-0.39, 0.29) is 17.8 Å². The summed E-state index contributed by atoms with van der Waals surface area (Å²) in [5.74, 6) is 0.0432. The highest BCUT2D eigenvalue weighted by atomic mass is 16.3. The molecule has 2 aromatic carbocycles. The minimum atomic E-state index is -0.182. The van der Waals surface area contributed by atoms with Crippen molar-refractivity contribution in [1.29, 1.82) is 0 Å². The first kappa shape index (κ1) is 19.2. The van der Waals surface area contributed by atoms with Crippen LogP contribution in [-0.2, 0) is 7.05 Å². The van der Waals surface area contributed by atoms with Crippen molar-refractivity contribution in [3.05, 3.63) is 47.8 Å². The number of benzene rings is 2. The number of phenolic OH excluding ortho intramolecular Hbond substituents is 1. The van der Waals surface area contributed by atoms with Crippen molar-refractivity contribution < 1.29 is 9.90 Å². The molecule has 2 heterocycles. The maximum atomic E-state index is 13.1. The fraction of sp³-hybridized carbons (Fsp3) is 0.304. The van der Waals surface area contributed by atoms with Gasteiger partial charge >= 0.3 is 0 Å². The van der Waals surface area contributed by atoms with E-state index >= 15 is 0 Å². The van der Waals surface area contributed by atoms with Gasteiger partial charge in [0.15, 0.2) is 0 Å². The second-order valence-electron chi connectivity index (χ2n) is 7.77. The van der Waals surface area contributed by atoms with E-state index in [0.717, 1.165) is 44.6 Å². The summed E-state index contributed by atoms with van der Waals surface area (Å²) in [5.41, 5.74) is 3.64. The molecule has 2 aromatic heterocycles. The van der Waals surface area contributed by atoms with E-state index < -0.39 is 0 Å². The standard InChI is InChI=1S/C23H26N4O2/c1-6-20(26(3)4)25-23(29)21-17-12-18-16-11-14(28)7-8-19(16)27(5)22(18)13(2)15(17)9-10-24-21/h7-12,20,28H,6H2,1-5H3,(H,25,29). The van der Waals surface area contributed by atoms with Gasteiger partial charge in [-0.1, -0.05) is 6.92 Å². The Labute approximate surface area is 169 Å². The molecular formula is C23H26N4O2. The number of carbonyl (C=O) groups is 1. The van der Waals surface area contributed by atoms with Crippen LogP contribution >= 0.6 is 0 Å². The van der Waals surface area contributed by atoms with Crippen LogP contribution in [-0.4, -0.2) is 45.7 Å². The van der Waals surface area contributed by atoms with Gasteiger partial charge < -0.3 is 15.0 Å². The first-order valence-electron chi connectivity index (χ1n) is 9.80. The Kier molecular flexibility index (Phi) is 4.67. The molecular weight excluding hydrogens is 364 g/mol. The molecule has 0 aliphatic heterocycles. The smallest absolute Gasteiger partial charge is 0.271 e. The molecule has 0 spiro atoms. The Morgan fingerprint density at radius 3 is 2.62 bits per heavy atom. The summed E-state index contributed by atoms with van der Waals surface area (Å²) in [6.45, 7) is 4.11. The summed E-state index contributed by atoms with van der Waals surface area (Å²) >= 11 is 0. The summed E-state index contributed by atoms with van der Waals surface area (Å²) in [6, 6.07) is 9.38. The lowest BCUT2D eigenvalue weighted by molar-refractivity contribution is 0.0884. The summed E-state index contributed by atoms with van der Waals surface area (Å²) < 4.78 is 2.14. The lowest BCUT2D eigenvalue weighted by atomic mass is 10.00. The molecule has 0 aliphatic carbocycles. The van der Waals surface area contributed by atoms with Gasteiger partial charge in [0.2, 0.25) is 0 Å². The summed E-state index contributed by atoms with van der Waals surface area (Å²) in [5, 5.41) is 16.9. The van der Waals surface area contributed by atoms with E-state index in [1.807, 2.05) is 51.2 Å². The molecule has 150 valence electrons. The van der Waals surface area contributed by atoms with E-state index in [1.165, 1.54) is 0 Å². The highest BCUT2D eigenvalue weighted by Gasteiger charge is 2.20. The molecule has 4 rings (SSSR count). The molecule has 1 amide bonds. The van der Waals surface area contributed by atoms with Crippen molar-refractivity contribution in [2.75, 3.05) is 14.1 Å². The molecule has 0 aliphatic rings. The van der Waals surface area contributed by atoms with Crippen LogP contribution in [0.2, 0.25) is 0 Å². The van der Waals surface area contributed by atoms with Crippen molar-refractivity contribution in [2.24, 2.45) is 7.05 Å². The van der Waals surface area contributed by atoms with Gasteiger partial charge in [-0.15, -0.1) is 0 Å². The molecule has 0 fully saturated rings. The number of hydrogen-bond acceptors (Lipinski definition) is 4. The van der Waals surface area contributed by atoms with Crippen molar-refractivity contribution in [2.45, 2.75) is 26.4 Å². The third kappa shape index (κ3) is 3.00. The van der Waals surface area contributed by atoms with Gasteiger partial charge in [-0.05, 0) is 68.7 Å². The molecule has 1 unspecified atom stereocenters. The molecule has 29 heavy (non-hydrogen) atoms. The zero-order chi connectivity index (χ0) is 20.9. The number of phenols is 1. The Hall–Kier alpha value is -3.12. The Morgan fingerprint density at radius 2 is 1.93 bits per heavy atom. The predicted octanol–water partition coefficient (Wildman–Crippen LogP) is 3.92. The minimum absolute atomic E-state index is 0.0566.